The van der Waals surface area contributed by atoms with Gasteiger partial charge in [0.2, 0.25) is 10.0 Å². The molecule has 0 radical (unpaired) electrons. The lowest BCUT2D eigenvalue weighted by Gasteiger charge is -2.07. The standard InChI is InChI=1S/C13H12ClN3O2S2/c14-12-6-10(2-1-5-15)3-4-13(12)21(18,19)17-8-11-7-16-9-20-11/h3-4,6-7,9,17H,5,8,15H2. The molecule has 0 aliphatic heterocycles. The van der Waals surface area contributed by atoms with Crippen LogP contribution in [0.4, 0.5) is 0 Å². The lowest BCUT2D eigenvalue weighted by Crippen LogP contribution is -2.23. The molecule has 3 N–H and O–H groups in total. The molecular weight excluding hydrogens is 330 g/mol. The summed E-state index contributed by atoms with van der Waals surface area (Å²) in [6, 6.07) is 4.53. The van der Waals surface area contributed by atoms with Crippen LogP contribution in [0.15, 0.2) is 34.8 Å². The van der Waals surface area contributed by atoms with E-state index in [9.17, 15) is 8.42 Å². The van der Waals surface area contributed by atoms with Crippen LogP contribution in [0, 0.1) is 11.8 Å². The summed E-state index contributed by atoms with van der Waals surface area (Å²) in [5.74, 6) is 5.48. The molecule has 0 aliphatic carbocycles. The molecule has 110 valence electrons. The van der Waals surface area contributed by atoms with Crippen molar-refractivity contribution in [1.82, 2.24) is 9.71 Å². The maximum atomic E-state index is 12.2. The van der Waals surface area contributed by atoms with E-state index in [1.54, 1.807) is 17.8 Å². The molecule has 1 heterocycles. The maximum Gasteiger partial charge on any atom is 0.242 e. The number of rotatable bonds is 4. The third-order valence-corrected chi connectivity index (χ3v) is 5.14. The van der Waals surface area contributed by atoms with Crippen LogP contribution < -0.4 is 10.5 Å². The quantitative estimate of drug-likeness (QED) is 0.827. The van der Waals surface area contributed by atoms with Gasteiger partial charge in [-0.05, 0) is 18.2 Å². The number of nitrogens with one attached hydrogen (secondary N) is 1. The minimum atomic E-state index is -3.68. The van der Waals surface area contributed by atoms with Gasteiger partial charge >= 0.3 is 0 Å². The Kier molecular flexibility index (Phi) is 5.33. The van der Waals surface area contributed by atoms with Crippen LogP contribution >= 0.6 is 22.9 Å². The monoisotopic (exact) mass is 341 g/mol. The average Bonchev–Trinajstić information content (AvgIpc) is 2.96. The predicted octanol–water partition coefficient (Wildman–Crippen LogP) is 1.59. The topological polar surface area (TPSA) is 85.1 Å². The third-order valence-electron chi connectivity index (χ3n) is 2.48. The highest BCUT2D eigenvalue weighted by atomic mass is 35.5. The zero-order chi connectivity index (χ0) is 15.3. The minimum Gasteiger partial charge on any atom is -0.320 e. The number of aromatic nitrogens is 1. The summed E-state index contributed by atoms with van der Waals surface area (Å²) in [4.78, 5) is 4.73. The number of hydrogen-bond donors (Lipinski definition) is 2. The number of thiazole rings is 1. The maximum absolute atomic E-state index is 12.2. The highest BCUT2D eigenvalue weighted by Gasteiger charge is 2.18. The van der Waals surface area contributed by atoms with Gasteiger partial charge in [-0.25, -0.2) is 13.1 Å². The first-order valence-corrected chi connectivity index (χ1v) is 8.62. The van der Waals surface area contributed by atoms with Gasteiger partial charge in [-0.3, -0.25) is 4.98 Å². The van der Waals surface area contributed by atoms with Crippen molar-refractivity contribution in [3.05, 3.63) is 45.4 Å². The molecule has 0 fully saturated rings. The van der Waals surface area contributed by atoms with E-state index in [1.165, 1.54) is 23.5 Å². The van der Waals surface area contributed by atoms with Gasteiger partial charge in [0.25, 0.3) is 0 Å². The van der Waals surface area contributed by atoms with E-state index >= 15 is 0 Å². The van der Waals surface area contributed by atoms with Gasteiger partial charge in [0, 0.05) is 23.2 Å². The molecule has 0 saturated heterocycles. The lowest BCUT2D eigenvalue weighted by molar-refractivity contribution is 0.582. The summed E-state index contributed by atoms with van der Waals surface area (Å²) in [7, 11) is -3.68. The average molecular weight is 342 g/mol. The van der Waals surface area contributed by atoms with Crippen LogP contribution in [0.25, 0.3) is 0 Å². The number of hydrogen-bond acceptors (Lipinski definition) is 5. The molecule has 0 aliphatic rings. The van der Waals surface area contributed by atoms with Crippen LogP contribution in [0.3, 0.4) is 0 Å². The van der Waals surface area contributed by atoms with Crippen molar-refractivity contribution >= 4 is 33.0 Å². The molecule has 0 bridgehead atoms. The summed E-state index contributed by atoms with van der Waals surface area (Å²) in [5.41, 5.74) is 7.54. The second-order valence-corrected chi connectivity index (χ2v) is 7.06. The van der Waals surface area contributed by atoms with Gasteiger partial charge in [0.05, 0.1) is 17.1 Å². The van der Waals surface area contributed by atoms with E-state index in [4.69, 9.17) is 17.3 Å². The van der Waals surface area contributed by atoms with Crippen molar-refractivity contribution in [3.8, 4) is 11.8 Å². The highest BCUT2D eigenvalue weighted by Crippen LogP contribution is 2.22. The van der Waals surface area contributed by atoms with E-state index in [-0.39, 0.29) is 23.0 Å². The molecule has 0 spiro atoms. The Balaban J connectivity index is 2.19. The first-order chi connectivity index (χ1) is 10.0. The summed E-state index contributed by atoms with van der Waals surface area (Å²) in [6.07, 6.45) is 1.61. The minimum absolute atomic E-state index is 0.0204. The molecular formula is C13H12ClN3O2S2. The van der Waals surface area contributed by atoms with E-state index in [1.807, 2.05) is 0 Å². The Bertz CT molecular complexity index is 777. The number of sulfonamides is 1. The van der Waals surface area contributed by atoms with Gasteiger partial charge in [-0.1, -0.05) is 23.4 Å². The van der Waals surface area contributed by atoms with Gasteiger partial charge < -0.3 is 5.73 Å². The number of nitrogens with zero attached hydrogens (tertiary/aromatic N) is 1. The summed E-state index contributed by atoms with van der Waals surface area (Å²) in [6.45, 7) is 0.409. The van der Waals surface area contributed by atoms with Gasteiger partial charge in [-0.15, -0.1) is 11.3 Å². The fraction of sp³-hybridized carbons (Fsp3) is 0.154. The first-order valence-electron chi connectivity index (χ1n) is 5.88. The molecule has 0 saturated carbocycles. The van der Waals surface area contributed by atoms with Gasteiger partial charge in [0.1, 0.15) is 4.90 Å². The van der Waals surface area contributed by atoms with Crippen molar-refractivity contribution in [3.63, 3.8) is 0 Å². The molecule has 1 aromatic heterocycles. The molecule has 0 unspecified atom stereocenters. The van der Waals surface area contributed by atoms with E-state index in [2.05, 4.69) is 21.5 Å². The molecule has 0 atom stereocenters. The number of benzene rings is 1. The normalized spacial score (nSPS) is 11.0. The molecule has 1 aromatic carbocycles. The van der Waals surface area contributed by atoms with Crippen LogP contribution in [-0.4, -0.2) is 19.9 Å². The SMILES string of the molecule is NCC#Cc1ccc(S(=O)(=O)NCc2cncs2)c(Cl)c1. The smallest absolute Gasteiger partial charge is 0.242 e. The summed E-state index contributed by atoms with van der Waals surface area (Å²) >= 11 is 7.40. The molecule has 2 aromatic rings. The van der Waals surface area contributed by atoms with E-state index in [0.717, 1.165) is 4.88 Å². The zero-order valence-electron chi connectivity index (χ0n) is 10.8. The lowest BCUT2D eigenvalue weighted by atomic mass is 10.2. The Morgan fingerprint density at radius 1 is 1.43 bits per heavy atom. The van der Waals surface area contributed by atoms with Crippen molar-refractivity contribution in [2.24, 2.45) is 5.73 Å². The largest absolute Gasteiger partial charge is 0.320 e. The molecule has 2 rings (SSSR count). The summed E-state index contributed by atoms with van der Waals surface area (Å²) < 4.78 is 26.9. The molecule has 5 nitrogen and oxygen atoms in total. The van der Waals surface area contributed by atoms with E-state index < -0.39 is 10.0 Å². The first kappa shape index (κ1) is 15.9. The van der Waals surface area contributed by atoms with Gasteiger partial charge in [-0.2, -0.15) is 0 Å². The Morgan fingerprint density at radius 2 is 2.24 bits per heavy atom. The number of halogens is 1. The fourth-order valence-corrected chi connectivity index (χ4v) is 3.70. The second-order valence-electron chi connectivity index (χ2n) is 3.94. The Labute approximate surface area is 132 Å². The van der Waals surface area contributed by atoms with Crippen LogP contribution in [0.1, 0.15) is 10.4 Å². The van der Waals surface area contributed by atoms with Crippen LogP contribution in [0.5, 0.6) is 0 Å². The zero-order valence-corrected chi connectivity index (χ0v) is 13.2. The van der Waals surface area contributed by atoms with Crippen molar-refractivity contribution in [1.29, 1.82) is 0 Å². The molecule has 0 amide bonds. The Morgan fingerprint density at radius 3 is 2.86 bits per heavy atom. The molecule has 21 heavy (non-hydrogen) atoms. The van der Waals surface area contributed by atoms with Crippen LogP contribution in [0.2, 0.25) is 5.02 Å². The van der Waals surface area contributed by atoms with Crippen molar-refractivity contribution in [2.45, 2.75) is 11.4 Å². The van der Waals surface area contributed by atoms with Gasteiger partial charge in [0.15, 0.2) is 0 Å². The number of nitrogens with two attached hydrogens (primary N) is 1. The Hall–Kier alpha value is -1.43. The summed E-state index contributed by atoms with van der Waals surface area (Å²) in [5, 5.41) is 0.121. The van der Waals surface area contributed by atoms with Crippen LogP contribution in [-0.2, 0) is 16.6 Å². The highest BCUT2D eigenvalue weighted by molar-refractivity contribution is 7.89. The van der Waals surface area contributed by atoms with E-state index in [0.29, 0.717) is 5.56 Å². The second kappa shape index (κ2) is 7.02. The van der Waals surface area contributed by atoms with Crippen molar-refractivity contribution in [2.75, 3.05) is 6.54 Å². The fourth-order valence-electron chi connectivity index (χ4n) is 1.52. The third kappa shape index (κ3) is 4.27. The molecule has 8 heteroatoms. The van der Waals surface area contributed by atoms with Crippen molar-refractivity contribution < 1.29 is 8.42 Å². The predicted molar refractivity (Wildman–Crippen MR) is 83.5 cm³/mol.